The van der Waals surface area contributed by atoms with E-state index in [-0.39, 0.29) is 13.2 Å². The minimum Gasteiger partial charge on any atom is -0.480 e. The fourth-order valence-electron chi connectivity index (χ4n) is 1.99. The number of ether oxygens (including phenoxy) is 1. The normalized spacial score (nSPS) is 17.9. The summed E-state index contributed by atoms with van der Waals surface area (Å²) in [7, 11) is 0. The number of nitrogens with zero attached hydrogens (tertiary/aromatic N) is 2. The first kappa shape index (κ1) is 10.7. The molecule has 1 aliphatic rings. The number of aliphatic carboxylic acids is 1. The first-order valence-corrected chi connectivity index (χ1v) is 5.89. The second kappa shape index (κ2) is 3.54. The first-order chi connectivity index (χ1) is 8.15. The van der Waals surface area contributed by atoms with Gasteiger partial charge in [0.2, 0.25) is 0 Å². The monoisotopic (exact) mass is 296 g/mol. The van der Waals surface area contributed by atoms with E-state index in [1.807, 2.05) is 24.4 Å². The molecule has 5 nitrogen and oxygen atoms in total. The van der Waals surface area contributed by atoms with Crippen molar-refractivity contribution >= 4 is 27.4 Å². The van der Waals surface area contributed by atoms with Crippen molar-refractivity contribution in [2.24, 2.45) is 0 Å². The highest BCUT2D eigenvalue weighted by molar-refractivity contribution is 9.10. The molecule has 0 saturated carbocycles. The van der Waals surface area contributed by atoms with Gasteiger partial charge in [-0.1, -0.05) is 6.07 Å². The zero-order valence-corrected chi connectivity index (χ0v) is 10.3. The van der Waals surface area contributed by atoms with Crippen LogP contribution in [0.15, 0.2) is 29.0 Å². The average Bonchev–Trinajstić information content (AvgIpc) is 2.56. The minimum atomic E-state index is -1.02. The van der Waals surface area contributed by atoms with Gasteiger partial charge >= 0.3 is 5.97 Å². The van der Waals surface area contributed by atoms with Crippen LogP contribution in [-0.2, 0) is 14.9 Å². The number of rotatable bonds is 2. The highest BCUT2D eigenvalue weighted by Gasteiger charge is 2.51. The van der Waals surface area contributed by atoms with Crippen molar-refractivity contribution in [1.82, 2.24) is 9.38 Å². The third-order valence-electron chi connectivity index (χ3n) is 3.04. The van der Waals surface area contributed by atoms with Crippen LogP contribution < -0.4 is 0 Å². The Morgan fingerprint density at radius 1 is 1.53 bits per heavy atom. The lowest BCUT2D eigenvalue weighted by molar-refractivity contribution is -0.164. The number of carbonyl (C=O) groups is 1. The second-order valence-corrected chi connectivity index (χ2v) is 4.81. The number of halogens is 1. The maximum absolute atomic E-state index is 11.4. The molecule has 3 rings (SSSR count). The number of aromatic nitrogens is 2. The van der Waals surface area contributed by atoms with E-state index in [9.17, 15) is 9.90 Å². The van der Waals surface area contributed by atoms with Gasteiger partial charge in [-0.25, -0.2) is 4.98 Å². The number of carboxylic acids is 1. The third-order valence-corrected chi connectivity index (χ3v) is 3.62. The fraction of sp³-hybridized carbons (Fsp3) is 0.273. The van der Waals surface area contributed by atoms with Crippen molar-refractivity contribution in [2.45, 2.75) is 5.41 Å². The zero-order chi connectivity index (χ0) is 12.0. The van der Waals surface area contributed by atoms with E-state index < -0.39 is 11.4 Å². The van der Waals surface area contributed by atoms with E-state index in [0.29, 0.717) is 10.4 Å². The molecule has 1 aliphatic heterocycles. The van der Waals surface area contributed by atoms with Gasteiger partial charge in [0.25, 0.3) is 0 Å². The van der Waals surface area contributed by atoms with E-state index in [1.165, 1.54) is 0 Å². The number of imidazole rings is 1. The summed E-state index contributed by atoms with van der Waals surface area (Å²) in [6.07, 6.45) is 1.81. The van der Waals surface area contributed by atoms with E-state index in [1.54, 1.807) is 4.40 Å². The molecule has 0 spiro atoms. The summed E-state index contributed by atoms with van der Waals surface area (Å²) in [4.78, 5) is 15.7. The summed E-state index contributed by atoms with van der Waals surface area (Å²) in [5.41, 5.74) is -0.161. The van der Waals surface area contributed by atoms with Gasteiger partial charge in [0.05, 0.1) is 18.7 Å². The maximum Gasteiger partial charge on any atom is 0.322 e. The van der Waals surface area contributed by atoms with Crippen molar-refractivity contribution in [3.8, 4) is 0 Å². The van der Waals surface area contributed by atoms with Gasteiger partial charge in [0.1, 0.15) is 10.4 Å². The fourth-order valence-corrected chi connectivity index (χ4v) is 2.48. The molecule has 3 heterocycles. The van der Waals surface area contributed by atoms with Crippen LogP contribution in [0.2, 0.25) is 0 Å². The predicted octanol–water partition coefficient (Wildman–Crippen LogP) is 1.45. The number of hydrogen-bond donors (Lipinski definition) is 1. The molecule has 0 unspecified atom stereocenters. The van der Waals surface area contributed by atoms with Crippen LogP contribution >= 0.6 is 15.9 Å². The van der Waals surface area contributed by atoms with Crippen LogP contribution in [0.5, 0.6) is 0 Å². The molecule has 0 radical (unpaired) electrons. The van der Waals surface area contributed by atoms with E-state index >= 15 is 0 Å². The Labute approximate surface area is 105 Å². The van der Waals surface area contributed by atoms with Gasteiger partial charge in [0, 0.05) is 6.20 Å². The molecule has 1 fully saturated rings. The highest BCUT2D eigenvalue weighted by Crippen LogP contribution is 2.34. The first-order valence-electron chi connectivity index (χ1n) is 5.09. The van der Waals surface area contributed by atoms with Crippen molar-refractivity contribution in [3.63, 3.8) is 0 Å². The van der Waals surface area contributed by atoms with Gasteiger partial charge < -0.3 is 14.2 Å². The van der Waals surface area contributed by atoms with Gasteiger partial charge in [-0.15, -0.1) is 0 Å². The van der Waals surface area contributed by atoms with Gasteiger partial charge in [-0.05, 0) is 28.1 Å². The Balaban J connectivity index is 2.27. The van der Waals surface area contributed by atoms with Crippen LogP contribution in [0.25, 0.3) is 5.52 Å². The molecule has 0 bridgehead atoms. The Kier molecular flexibility index (Phi) is 2.24. The van der Waals surface area contributed by atoms with Gasteiger partial charge in [0.15, 0.2) is 5.41 Å². The van der Waals surface area contributed by atoms with Crippen LogP contribution in [-0.4, -0.2) is 33.7 Å². The zero-order valence-electron chi connectivity index (χ0n) is 8.76. The van der Waals surface area contributed by atoms with Crippen molar-refractivity contribution in [3.05, 3.63) is 34.8 Å². The number of pyridine rings is 1. The molecule has 1 N–H and O–H groups in total. The summed E-state index contributed by atoms with van der Waals surface area (Å²) in [6.45, 7) is 0.339. The van der Waals surface area contributed by atoms with E-state index in [0.717, 1.165) is 5.52 Å². The third kappa shape index (κ3) is 1.34. The largest absolute Gasteiger partial charge is 0.480 e. The molecular formula is C11H9BrN2O3. The molecule has 2 aromatic rings. The Morgan fingerprint density at radius 2 is 2.29 bits per heavy atom. The number of carboxylic acid groups (broad SMARTS) is 1. The lowest BCUT2D eigenvalue weighted by Gasteiger charge is -2.35. The van der Waals surface area contributed by atoms with Crippen molar-refractivity contribution in [2.75, 3.05) is 13.2 Å². The Morgan fingerprint density at radius 3 is 2.88 bits per heavy atom. The summed E-state index contributed by atoms with van der Waals surface area (Å²) < 4.78 is 7.51. The van der Waals surface area contributed by atoms with Crippen molar-refractivity contribution < 1.29 is 14.6 Å². The topological polar surface area (TPSA) is 63.8 Å². The van der Waals surface area contributed by atoms with E-state index in [4.69, 9.17) is 4.74 Å². The summed E-state index contributed by atoms with van der Waals surface area (Å²) >= 11 is 3.35. The van der Waals surface area contributed by atoms with Gasteiger partial charge in [-0.3, -0.25) is 4.79 Å². The second-order valence-electron chi connectivity index (χ2n) is 4.06. The Bertz CT molecular complexity index is 604. The molecule has 88 valence electrons. The van der Waals surface area contributed by atoms with Crippen LogP contribution in [0.4, 0.5) is 0 Å². The quantitative estimate of drug-likeness (QED) is 0.911. The highest BCUT2D eigenvalue weighted by atomic mass is 79.9. The molecule has 0 aliphatic carbocycles. The summed E-state index contributed by atoms with van der Waals surface area (Å²) in [5.74, 6) is -0.384. The maximum atomic E-state index is 11.4. The molecule has 0 atom stereocenters. The summed E-state index contributed by atoms with van der Waals surface area (Å²) in [6, 6.07) is 5.62. The summed E-state index contributed by atoms with van der Waals surface area (Å²) in [5, 5.41) is 9.36. The molecule has 0 amide bonds. The van der Waals surface area contributed by atoms with Crippen LogP contribution in [0, 0.1) is 0 Å². The van der Waals surface area contributed by atoms with Crippen molar-refractivity contribution in [1.29, 1.82) is 0 Å². The molecular weight excluding hydrogens is 288 g/mol. The van der Waals surface area contributed by atoms with Crippen LogP contribution in [0.1, 0.15) is 5.82 Å². The van der Waals surface area contributed by atoms with Gasteiger partial charge in [-0.2, -0.15) is 0 Å². The lowest BCUT2D eigenvalue weighted by atomic mass is 9.85. The smallest absolute Gasteiger partial charge is 0.322 e. The molecule has 0 aromatic carbocycles. The standard InChI is InChI=1S/C11H9BrN2O3/c12-8-7-3-1-2-4-14(7)9(13-8)11(10(15)16)5-17-6-11/h1-4H,5-6H2,(H,15,16). The number of fused-ring (bicyclic) bond motifs is 1. The predicted molar refractivity (Wildman–Crippen MR) is 63.0 cm³/mol. The lowest BCUT2D eigenvalue weighted by Crippen LogP contribution is -2.54. The average molecular weight is 297 g/mol. The molecule has 6 heteroatoms. The minimum absolute atomic E-state index is 0.169. The van der Waals surface area contributed by atoms with E-state index in [2.05, 4.69) is 20.9 Å². The SMILES string of the molecule is O=C(O)C1(c2nc(Br)c3ccccn23)COC1. The number of hydrogen-bond acceptors (Lipinski definition) is 3. The molecule has 17 heavy (non-hydrogen) atoms. The van der Waals surface area contributed by atoms with Crippen LogP contribution in [0.3, 0.4) is 0 Å². The molecule has 2 aromatic heterocycles. The molecule has 1 saturated heterocycles. The Hall–Kier alpha value is -1.40.